The molecule has 5 nitrogen and oxygen atoms in total. The van der Waals surface area contributed by atoms with Gasteiger partial charge in [0.1, 0.15) is 6.61 Å². The molecule has 1 aliphatic heterocycles. The number of carbonyl (C=O) groups is 1. The first-order chi connectivity index (χ1) is 10.2. The SMILES string of the molecule is CC1CC(=O)NN=C1c1cc(Cl)c(OCC(C)(C)O)c(Cl)c1. The van der Waals surface area contributed by atoms with E-state index in [9.17, 15) is 9.90 Å². The number of aliphatic hydroxyl groups is 1. The van der Waals surface area contributed by atoms with Gasteiger partial charge in [-0.3, -0.25) is 4.79 Å². The molecular formula is C15H18Cl2N2O3. The quantitative estimate of drug-likeness (QED) is 0.881. The van der Waals surface area contributed by atoms with Crippen molar-refractivity contribution in [1.29, 1.82) is 0 Å². The highest BCUT2D eigenvalue weighted by Crippen LogP contribution is 2.35. The van der Waals surface area contributed by atoms with E-state index < -0.39 is 5.60 Å². The fourth-order valence-corrected chi connectivity index (χ4v) is 2.69. The Hall–Kier alpha value is -1.30. The van der Waals surface area contributed by atoms with Crippen molar-refractivity contribution in [3.8, 4) is 5.75 Å². The number of nitrogens with zero attached hydrogens (tertiary/aromatic N) is 1. The Bertz CT molecular complexity index is 601. The summed E-state index contributed by atoms with van der Waals surface area (Å²) in [6.07, 6.45) is 0.366. The van der Waals surface area contributed by atoms with Gasteiger partial charge in [0.25, 0.3) is 0 Å². The van der Waals surface area contributed by atoms with Crippen LogP contribution in [0.25, 0.3) is 0 Å². The van der Waals surface area contributed by atoms with Gasteiger partial charge in [0.15, 0.2) is 5.75 Å². The zero-order chi connectivity index (χ0) is 16.5. The summed E-state index contributed by atoms with van der Waals surface area (Å²) in [6, 6.07) is 3.39. The molecule has 2 N–H and O–H groups in total. The largest absolute Gasteiger partial charge is 0.487 e. The summed E-state index contributed by atoms with van der Waals surface area (Å²) in [7, 11) is 0. The number of ether oxygens (including phenoxy) is 1. The maximum atomic E-state index is 11.3. The van der Waals surface area contributed by atoms with Gasteiger partial charge in [-0.05, 0) is 26.0 Å². The Labute approximate surface area is 139 Å². The van der Waals surface area contributed by atoms with Crippen LogP contribution in [0, 0.1) is 5.92 Å². The molecule has 7 heteroatoms. The lowest BCUT2D eigenvalue weighted by Gasteiger charge is -2.21. The van der Waals surface area contributed by atoms with Gasteiger partial charge in [-0.15, -0.1) is 0 Å². The number of amides is 1. The second-order valence-electron chi connectivity index (χ2n) is 6.01. The van der Waals surface area contributed by atoms with Crippen molar-refractivity contribution in [1.82, 2.24) is 5.43 Å². The number of halogens is 2. The van der Waals surface area contributed by atoms with Crippen molar-refractivity contribution in [2.24, 2.45) is 11.0 Å². The minimum absolute atomic E-state index is 0.0240. The molecule has 1 aromatic rings. The third-order valence-corrected chi connectivity index (χ3v) is 3.68. The van der Waals surface area contributed by atoms with Crippen molar-refractivity contribution in [2.75, 3.05) is 6.61 Å². The normalized spacial score (nSPS) is 18.7. The number of nitrogens with one attached hydrogen (secondary N) is 1. The Morgan fingerprint density at radius 2 is 2.00 bits per heavy atom. The number of rotatable bonds is 4. The van der Waals surface area contributed by atoms with E-state index in [0.717, 1.165) is 11.3 Å². The predicted octanol–water partition coefficient (Wildman–Crippen LogP) is 3.00. The Kier molecular flexibility index (Phi) is 5.00. The Morgan fingerprint density at radius 3 is 2.50 bits per heavy atom. The average Bonchev–Trinajstić information content (AvgIpc) is 2.36. The maximum absolute atomic E-state index is 11.3. The molecule has 1 amide bonds. The van der Waals surface area contributed by atoms with E-state index in [4.69, 9.17) is 27.9 Å². The molecule has 0 radical (unpaired) electrons. The fourth-order valence-electron chi connectivity index (χ4n) is 2.10. The van der Waals surface area contributed by atoms with Gasteiger partial charge in [0.05, 0.1) is 21.4 Å². The van der Waals surface area contributed by atoms with Gasteiger partial charge in [-0.25, -0.2) is 5.43 Å². The van der Waals surface area contributed by atoms with Gasteiger partial charge in [-0.1, -0.05) is 30.1 Å². The van der Waals surface area contributed by atoms with E-state index >= 15 is 0 Å². The van der Waals surface area contributed by atoms with E-state index in [1.165, 1.54) is 0 Å². The molecule has 0 aliphatic carbocycles. The molecule has 22 heavy (non-hydrogen) atoms. The molecule has 1 aliphatic rings. The van der Waals surface area contributed by atoms with Crippen molar-refractivity contribution >= 4 is 34.8 Å². The standard InChI is InChI=1S/C15H18Cl2N2O3/c1-8-4-12(20)18-19-13(8)9-5-10(16)14(11(17)6-9)22-7-15(2,3)21/h5-6,8,21H,4,7H2,1-3H3,(H,18,20). The third-order valence-electron chi connectivity index (χ3n) is 3.12. The number of hydrogen-bond donors (Lipinski definition) is 2. The molecule has 1 aromatic carbocycles. The van der Waals surface area contributed by atoms with Crippen LogP contribution in [0.2, 0.25) is 10.0 Å². The van der Waals surface area contributed by atoms with Crippen molar-refractivity contribution in [3.63, 3.8) is 0 Å². The average molecular weight is 345 g/mol. The monoisotopic (exact) mass is 344 g/mol. The molecule has 0 aromatic heterocycles. The summed E-state index contributed by atoms with van der Waals surface area (Å²) in [5, 5.41) is 14.5. The van der Waals surface area contributed by atoms with Crippen molar-refractivity contribution < 1.29 is 14.6 Å². The third kappa shape index (κ3) is 4.12. The first-order valence-electron chi connectivity index (χ1n) is 6.88. The minimum Gasteiger partial charge on any atom is -0.487 e. The molecular weight excluding hydrogens is 327 g/mol. The molecule has 1 atom stereocenters. The van der Waals surface area contributed by atoms with E-state index in [2.05, 4.69) is 10.5 Å². The summed E-state index contributed by atoms with van der Waals surface area (Å²) in [5.74, 6) is 0.185. The Morgan fingerprint density at radius 1 is 1.41 bits per heavy atom. The van der Waals surface area contributed by atoms with Crippen LogP contribution in [0.1, 0.15) is 32.8 Å². The molecule has 120 valence electrons. The highest BCUT2D eigenvalue weighted by atomic mass is 35.5. The lowest BCUT2D eigenvalue weighted by atomic mass is 9.94. The van der Waals surface area contributed by atoms with Crippen LogP contribution < -0.4 is 10.2 Å². The molecule has 0 saturated carbocycles. The number of hydrogen-bond acceptors (Lipinski definition) is 4. The van der Waals surface area contributed by atoms with Gasteiger partial charge < -0.3 is 9.84 Å². The van der Waals surface area contributed by atoms with Crippen LogP contribution in [0.5, 0.6) is 5.75 Å². The van der Waals surface area contributed by atoms with Crippen LogP contribution in [-0.4, -0.2) is 28.9 Å². The smallest absolute Gasteiger partial charge is 0.240 e. The van der Waals surface area contributed by atoms with Gasteiger partial charge in [0.2, 0.25) is 5.91 Å². The molecule has 0 fully saturated rings. The topological polar surface area (TPSA) is 70.9 Å². The zero-order valence-electron chi connectivity index (χ0n) is 12.6. The van der Waals surface area contributed by atoms with Crippen LogP contribution in [-0.2, 0) is 4.79 Å². The van der Waals surface area contributed by atoms with Crippen molar-refractivity contribution in [2.45, 2.75) is 32.8 Å². The second kappa shape index (κ2) is 6.44. The zero-order valence-corrected chi connectivity index (χ0v) is 14.1. The predicted molar refractivity (Wildman–Crippen MR) is 86.7 cm³/mol. The molecule has 1 heterocycles. The number of benzene rings is 1. The number of carbonyl (C=O) groups excluding carboxylic acids is 1. The van der Waals surface area contributed by atoms with Crippen LogP contribution >= 0.6 is 23.2 Å². The lowest BCUT2D eigenvalue weighted by molar-refractivity contribution is -0.121. The lowest BCUT2D eigenvalue weighted by Crippen LogP contribution is -2.32. The molecule has 2 rings (SSSR count). The van der Waals surface area contributed by atoms with Crippen LogP contribution in [0.3, 0.4) is 0 Å². The molecule has 1 unspecified atom stereocenters. The summed E-state index contributed by atoms with van der Waals surface area (Å²) in [5.41, 5.74) is 2.92. The van der Waals surface area contributed by atoms with E-state index in [1.54, 1.807) is 26.0 Å². The van der Waals surface area contributed by atoms with Crippen LogP contribution in [0.4, 0.5) is 0 Å². The highest BCUT2D eigenvalue weighted by Gasteiger charge is 2.24. The fraction of sp³-hybridized carbons (Fsp3) is 0.467. The van der Waals surface area contributed by atoms with Gasteiger partial charge in [-0.2, -0.15) is 5.10 Å². The number of hydrazone groups is 1. The summed E-state index contributed by atoms with van der Waals surface area (Å²) in [6.45, 7) is 5.24. The maximum Gasteiger partial charge on any atom is 0.240 e. The highest BCUT2D eigenvalue weighted by molar-refractivity contribution is 6.37. The molecule has 0 spiro atoms. The van der Waals surface area contributed by atoms with Crippen LogP contribution in [0.15, 0.2) is 17.2 Å². The van der Waals surface area contributed by atoms with Gasteiger partial charge in [0, 0.05) is 17.9 Å². The molecule has 0 bridgehead atoms. The van der Waals surface area contributed by atoms with E-state index in [1.807, 2.05) is 6.92 Å². The minimum atomic E-state index is -0.989. The van der Waals surface area contributed by atoms with E-state index in [0.29, 0.717) is 22.2 Å². The second-order valence-corrected chi connectivity index (χ2v) is 6.82. The summed E-state index contributed by atoms with van der Waals surface area (Å²) in [4.78, 5) is 11.3. The van der Waals surface area contributed by atoms with Crippen molar-refractivity contribution in [3.05, 3.63) is 27.7 Å². The molecule has 0 saturated heterocycles. The summed E-state index contributed by atoms with van der Waals surface area (Å²) < 4.78 is 5.49. The van der Waals surface area contributed by atoms with E-state index in [-0.39, 0.29) is 18.4 Å². The Balaban J connectivity index is 2.28. The van der Waals surface area contributed by atoms with Gasteiger partial charge >= 0.3 is 0 Å². The summed E-state index contributed by atoms with van der Waals surface area (Å²) >= 11 is 12.5. The first-order valence-corrected chi connectivity index (χ1v) is 7.64. The first kappa shape index (κ1) is 17.1.